The van der Waals surface area contributed by atoms with Crippen molar-refractivity contribution in [2.45, 2.75) is 52.4 Å². The molecule has 0 saturated heterocycles. The molecule has 32 heavy (non-hydrogen) atoms. The molecule has 2 aliphatic rings. The summed E-state index contributed by atoms with van der Waals surface area (Å²) in [5.74, 6) is -0.139. The van der Waals surface area contributed by atoms with Gasteiger partial charge in [-0.3, -0.25) is 4.57 Å². The lowest BCUT2D eigenvalue weighted by molar-refractivity contribution is 0.0645. The molecular formula is C28H29NO3. The third-order valence-electron chi connectivity index (χ3n) is 7.77. The Labute approximate surface area is 187 Å². The predicted octanol–water partition coefficient (Wildman–Crippen LogP) is 6.49. The molecule has 1 saturated carbocycles. The molecule has 1 spiro atoms. The molecule has 0 radical (unpaired) electrons. The van der Waals surface area contributed by atoms with Crippen molar-refractivity contribution in [3.05, 3.63) is 64.1 Å². The van der Waals surface area contributed by atoms with Gasteiger partial charge in [-0.25, -0.2) is 4.79 Å². The van der Waals surface area contributed by atoms with Crippen LogP contribution in [0.4, 0.5) is 0 Å². The smallest absolute Gasteiger partial charge is 0.419 e. The van der Waals surface area contributed by atoms with Crippen molar-refractivity contribution in [3.8, 4) is 16.9 Å². The summed E-state index contributed by atoms with van der Waals surface area (Å²) in [4.78, 5) is 12.2. The Balaban J connectivity index is 1.77. The van der Waals surface area contributed by atoms with E-state index in [0.29, 0.717) is 5.58 Å². The van der Waals surface area contributed by atoms with E-state index < -0.39 is 0 Å². The van der Waals surface area contributed by atoms with E-state index in [1.807, 2.05) is 18.2 Å². The number of nitrogens with zero attached hydrogens (tertiary/aromatic N) is 1. The normalized spacial score (nSPS) is 20.0. The SMILES string of the molecule is Cn1c(=O)oc2cc3c(O)cc4c(c3cc21)-c1ccccc1C41CC(C)(C)CC(C)(C)C1. The van der Waals surface area contributed by atoms with Gasteiger partial charge in [0.1, 0.15) is 5.75 Å². The zero-order valence-corrected chi connectivity index (χ0v) is 19.4. The quantitative estimate of drug-likeness (QED) is 0.349. The average molecular weight is 428 g/mol. The maximum atomic E-state index is 12.2. The van der Waals surface area contributed by atoms with Crippen molar-refractivity contribution in [2.75, 3.05) is 0 Å². The first-order valence-electron chi connectivity index (χ1n) is 11.4. The van der Waals surface area contributed by atoms with Crippen molar-refractivity contribution in [3.63, 3.8) is 0 Å². The predicted molar refractivity (Wildman–Crippen MR) is 128 cm³/mol. The molecule has 0 atom stereocenters. The highest BCUT2D eigenvalue weighted by Gasteiger charge is 2.53. The van der Waals surface area contributed by atoms with Crippen LogP contribution in [0.15, 0.2) is 51.7 Å². The minimum Gasteiger partial charge on any atom is -0.507 e. The minimum absolute atomic E-state index is 0.139. The molecule has 164 valence electrons. The van der Waals surface area contributed by atoms with Crippen LogP contribution in [0.1, 0.15) is 58.1 Å². The number of fused-ring (bicyclic) bond motifs is 8. The van der Waals surface area contributed by atoms with Gasteiger partial charge >= 0.3 is 5.76 Å². The van der Waals surface area contributed by atoms with E-state index in [1.54, 1.807) is 7.05 Å². The van der Waals surface area contributed by atoms with Crippen LogP contribution in [0.2, 0.25) is 0 Å². The molecule has 1 fully saturated rings. The molecule has 2 aliphatic carbocycles. The molecule has 0 bridgehead atoms. The molecule has 0 aliphatic heterocycles. The van der Waals surface area contributed by atoms with E-state index in [1.165, 1.54) is 33.2 Å². The first kappa shape index (κ1) is 19.7. The Hall–Kier alpha value is -3.01. The molecule has 1 aromatic heterocycles. The molecule has 3 aromatic carbocycles. The topological polar surface area (TPSA) is 55.4 Å². The molecule has 4 aromatic rings. The van der Waals surface area contributed by atoms with E-state index in [9.17, 15) is 9.90 Å². The van der Waals surface area contributed by atoms with Gasteiger partial charge in [-0.15, -0.1) is 0 Å². The summed E-state index contributed by atoms with van der Waals surface area (Å²) in [5, 5.41) is 12.9. The largest absolute Gasteiger partial charge is 0.507 e. The Morgan fingerprint density at radius 2 is 1.59 bits per heavy atom. The number of phenols is 1. The summed E-state index contributed by atoms with van der Waals surface area (Å²) < 4.78 is 6.95. The van der Waals surface area contributed by atoms with E-state index in [-0.39, 0.29) is 27.8 Å². The number of phenolic OH excluding ortho intramolecular Hbond substituents is 1. The number of rotatable bonds is 0. The number of aryl methyl sites for hydroxylation is 1. The van der Waals surface area contributed by atoms with Crippen molar-refractivity contribution in [1.82, 2.24) is 4.57 Å². The van der Waals surface area contributed by atoms with E-state index in [4.69, 9.17) is 4.42 Å². The van der Waals surface area contributed by atoms with E-state index in [2.05, 4.69) is 52.0 Å². The lowest BCUT2D eigenvalue weighted by Gasteiger charge is -2.51. The fourth-order valence-electron chi connectivity index (χ4n) is 7.45. The van der Waals surface area contributed by atoms with Crippen LogP contribution in [0.25, 0.3) is 33.0 Å². The Morgan fingerprint density at radius 3 is 2.31 bits per heavy atom. The van der Waals surface area contributed by atoms with Crippen molar-refractivity contribution < 1.29 is 9.52 Å². The molecule has 4 heteroatoms. The molecule has 4 nitrogen and oxygen atoms in total. The van der Waals surface area contributed by atoms with Gasteiger partial charge in [-0.05, 0) is 75.9 Å². The monoisotopic (exact) mass is 427 g/mol. The zero-order valence-electron chi connectivity index (χ0n) is 19.4. The van der Waals surface area contributed by atoms with Gasteiger partial charge in [-0.1, -0.05) is 52.0 Å². The molecule has 1 heterocycles. The Kier molecular flexibility index (Phi) is 3.60. The summed E-state index contributed by atoms with van der Waals surface area (Å²) >= 11 is 0. The number of hydrogen-bond donors (Lipinski definition) is 1. The highest BCUT2D eigenvalue weighted by atomic mass is 16.4. The fraction of sp³-hybridized carbons (Fsp3) is 0.393. The number of aromatic hydroxyl groups is 1. The van der Waals surface area contributed by atoms with E-state index >= 15 is 0 Å². The van der Waals surface area contributed by atoms with Gasteiger partial charge in [0, 0.05) is 17.8 Å². The van der Waals surface area contributed by atoms with Gasteiger partial charge in [-0.2, -0.15) is 0 Å². The molecule has 6 rings (SSSR count). The highest BCUT2D eigenvalue weighted by molar-refractivity contribution is 6.09. The molecule has 0 unspecified atom stereocenters. The first-order valence-corrected chi connectivity index (χ1v) is 11.4. The fourth-order valence-corrected chi connectivity index (χ4v) is 7.45. The summed E-state index contributed by atoms with van der Waals surface area (Å²) in [7, 11) is 1.73. The number of aromatic nitrogens is 1. The van der Waals surface area contributed by atoms with Gasteiger partial charge in [0.15, 0.2) is 5.58 Å². The van der Waals surface area contributed by atoms with Crippen LogP contribution in [-0.4, -0.2) is 9.67 Å². The second-order valence-corrected chi connectivity index (χ2v) is 11.6. The van der Waals surface area contributed by atoms with Crippen molar-refractivity contribution in [2.24, 2.45) is 17.9 Å². The summed E-state index contributed by atoms with van der Waals surface area (Å²) in [6.45, 7) is 9.51. The Morgan fingerprint density at radius 1 is 0.906 bits per heavy atom. The number of benzene rings is 3. The van der Waals surface area contributed by atoms with Crippen LogP contribution in [0.5, 0.6) is 5.75 Å². The minimum atomic E-state index is -0.390. The van der Waals surface area contributed by atoms with Gasteiger partial charge < -0.3 is 9.52 Å². The average Bonchev–Trinajstić information content (AvgIpc) is 3.10. The molecular weight excluding hydrogens is 398 g/mol. The highest BCUT2D eigenvalue weighted by Crippen LogP contribution is 2.64. The van der Waals surface area contributed by atoms with Gasteiger partial charge in [0.2, 0.25) is 0 Å². The van der Waals surface area contributed by atoms with Crippen molar-refractivity contribution >= 4 is 21.9 Å². The standard InChI is InChI=1S/C28H29NO3/c1-26(2)13-27(3,4)15-28(14-26)19-9-7-6-8-16(19)24-18-10-21-23(32-25(31)29(21)5)11-17(18)22(30)12-20(24)28/h6-12,30H,13-15H2,1-5H3. The van der Waals surface area contributed by atoms with Crippen molar-refractivity contribution in [1.29, 1.82) is 0 Å². The maximum Gasteiger partial charge on any atom is 0.419 e. The maximum absolute atomic E-state index is 12.2. The first-order chi connectivity index (χ1) is 15.0. The van der Waals surface area contributed by atoms with Gasteiger partial charge in [0.25, 0.3) is 0 Å². The van der Waals surface area contributed by atoms with Crippen LogP contribution in [-0.2, 0) is 12.5 Å². The lowest BCUT2D eigenvalue weighted by Crippen LogP contribution is -2.43. The van der Waals surface area contributed by atoms with Crippen LogP contribution in [0, 0.1) is 10.8 Å². The lowest BCUT2D eigenvalue weighted by atomic mass is 9.52. The summed E-state index contributed by atoms with van der Waals surface area (Å²) in [5.41, 5.74) is 6.49. The molecule has 1 N–H and O–H groups in total. The van der Waals surface area contributed by atoms with Crippen LogP contribution >= 0.6 is 0 Å². The van der Waals surface area contributed by atoms with E-state index in [0.717, 1.165) is 29.1 Å². The second kappa shape index (κ2) is 5.86. The molecule has 0 amide bonds. The second-order valence-electron chi connectivity index (χ2n) is 11.6. The third-order valence-corrected chi connectivity index (χ3v) is 7.77. The summed E-state index contributed by atoms with van der Waals surface area (Å²) in [6, 6.07) is 14.6. The third kappa shape index (κ3) is 2.47. The number of oxazole rings is 1. The van der Waals surface area contributed by atoms with Crippen LogP contribution < -0.4 is 5.76 Å². The number of hydrogen-bond acceptors (Lipinski definition) is 3. The van der Waals surface area contributed by atoms with Gasteiger partial charge in [0.05, 0.1) is 5.52 Å². The Bertz CT molecular complexity index is 1480. The summed E-state index contributed by atoms with van der Waals surface area (Å²) in [6.07, 6.45) is 3.27. The van der Waals surface area contributed by atoms with Crippen LogP contribution in [0.3, 0.4) is 0 Å². The zero-order chi connectivity index (χ0) is 22.6.